The lowest BCUT2D eigenvalue weighted by Gasteiger charge is -2.35. The summed E-state index contributed by atoms with van der Waals surface area (Å²) in [4.78, 5) is 26.6. The van der Waals surface area contributed by atoms with E-state index in [0.717, 1.165) is 24.0 Å². The van der Waals surface area contributed by atoms with Crippen LogP contribution in [0.15, 0.2) is 24.5 Å². The number of hydrogen-bond acceptors (Lipinski definition) is 6. The zero-order valence-electron chi connectivity index (χ0n) is 16.9. The molecule has 1 amide bonds. The Hall–Kier alpha value is -2.77. The van der Waals surface area contributed by atoms with Crippen molar-refractivity contribution < 1.29 is 19.1 Å². The highest BCUT2D eigenvalue weighted by Gasteiger charge is 2.27. The molecule has 1 aliphatic rings. The first-order valence-electron chi connectivity index (χ1n) is 9.66. The number of ether oxygens (including phenoxy) is 2. The van der Waals surface area contributed by atoms with Crippen molar-refractivity contribution in [2.45, 2.75) is 52.2 Å². The second-order valence-electron chi connectivity index (χ2n) is 7.87. The molecule has 0 unspecified atom stereocenters. The van der Waals surface area contributed by atoms with Gasteiger partial charge in [0.1, 0.15) is 11.2 Å². The van der Waals surface area contributed by atoms with Gasteiger partial charge in [0.25, 0.3) is 0 Å². The summed E-state index contributed by atoms with van der Waals surface area (Å²) >= 11 is 0. The van der Waals surface area contributed by atoms with Gasteiger partial charge in [-0.05, 0) is 52.7 Å². The van der Waals surface area contributed by atoms with Crippen LogP contribution >= 0.6 is 0 Å². The predicted octanol–water partition coefficient (Wildman–Crippen LogP) is 3.00. The van der Waals surface area contributed by atoms with Crippen molar-refractivity contribution in [3.05, 3.63) is 30.1 Å². The molecule has 2 aromatic heterocycles. The summed E-state index contributed by atoms with van der Waals surface area (Å²) in [6.07, 6.45) is 4.54. The zero-order valence-corrected chi connectivity index (χ0v) is 16.9. The van der Waals surface area contributed by atoms with Gasteiger partial charge in [-0.25, -0.2) is 14.1 Å². The largest absolute Gasteiger partial charge is 0.462 e. The fourth-order valence-corrected chi connectivity index (χ4v) is 3.39. The summed E-state index contributed by atoms with van der Waals surface area (Å²) in [7, 11) is 0. The fourth-order valence-electron chi connectivity index (χ4n) is 3.39. The van der Waals surface area contributed by atoms with Crippen LogP contribution in [0.3, 0.4) is 0 Å². The molecular weight excluding hydrogens is 360 g/mol. The molecule has 0 spiro atoms. The van der Waals surface area contributed by atoms with E-state index in [-0.39, 0.29) is 12.0 Å². The van der Waals surface area contributed by atoms with Crippen LogP contribution in [0.4, 0.5) is 10.5 Å². The van der Waals surface area contributed by atoms with Crippen LogP contribution in [0, 0.1) is 0 Å². The lowest BCUT2D eigenvalue weighted by atomic mass is 10.0. The standard InChI is InChI=1S/C20H28N4O4/c1-5-27-18(25)15-13-21-24-10-6-7-16(24)17(15)23-11-8-14(9-12-23)22-19(26)28-20(2,3)4/h6-7,10,13-14H,5,8-9,11-12H2,1-4H3,(H,22,26). The normalized spacial score (nSPS) is 15.5. The summed E-state index contributed by atoms with van der Waals surface area (Å²) in [6.45, 7) is 9.05. The Labute approximate surface area is 164 Å². The van der Waals surface area contributed by atoms with Crippen molar-refractivity contribution in [3.8, 4) is 0 Å². The van der Waals surface area contributed by atoms with Gasteiger partial charge >= 0.3 is 12.1 Å². The molecule has 8 nitrogen and oxygen atoms in total. The van der Waals surface area contributed by atoms with Crippen LogP contribution in [0.1, 0.15) is 50.9 Å². The molecule has 28 heavy (non-hydrogen) atoms. The lowest BCUT2D eigenvalue weighted by molar-refractivity contribution is 0.0495. The van der Waals surface area contributed by atoms with Crippen LogP contribution in [0.5, 0.6) is 0 Å². The van der Waals surface area contributed by atoms with E-state index in [0.29, 0.717) is 25.3 Å². The fraction of sp³-hybridized carbons (Fsp3) is 0.550. The summed E-state index contributed by atoms with van der Waals surface area (Å²) in [5.41, 5.74) is 1.64. The predicted molar refractivity (Wildman–Crippen MR) is 106 cm³/mol. The van der Waals surface area contributed by atoms with Crippen molar-refractivity contribution in [2.75, 3.05) is 24.6 Å². The third-order valence-electron chi connectivity index (χ3n) is 4.56. The molecule has 0 saturated carbocycles. The van der Waals surface area contributed by atoms with E-state index in [1.54, 1.807) is 17.6 Å². The molecule has 1 saturated heterocycles. The Morgan fingerprint density at radius 2 is 2.00 bits per heavy atom. The minimum atomic E-state index is -0.517. The molecular formula is C20H28N4O4. The molecule has 0 bridgehead atoms. The monoisotopic (exact) mass is 388 g/mol. The minimum Gasteiger partial charge on any atom is -0.462 e. The molecule has 1 aliphatic heterocycles. The van der Waals surface area contributed by atoms with Crippen LogP contribution in [-0.2, 0) is 9.47 Å². The molecule has 0 aliphatic carbocycles. The van der Waals surface area contributed by atoms with E-state index in [2.05, 4.69) is 15.3 Å². The number of carbonyl (C=O) groups is 2. The first kappa shape index (κ1) is 20.0. The van der Waals surface area contributed by atoms with E-state index in [9.17, 15) is 9.59 Å². The van der Waals surface area contributed by atoms with E-state index >= 15 is 0 Å². The number of carbonyl (C=O) groups excluding carboxylic acids is 2. The van der Waals surface area contributed by atoms with Gasteiger partial charge in [0.15, 0.2) is 0 Å². The van der Waals surface area contributed by atoms with Crippen molar-refractivity contribution in [2.24, 2.45) is 0 Å². The Kier molecular flexibility index (Phi) is 5.76. The maximum atomic E-state index is 12.4. The van der Waals surface area contributed by atoms with Gasteiger partial charge in [0.05, 0.1) is 24.0 Å². The SMILES string of the molecule is CCOC(=O)c1cnn2cccc2c1N1CCC(NC(=O)OC(C)(C)C)CC1. The second kappa shape index (κ2) is 8.08. The van der Waals surface area contributed by atoms with E-state index in [1.165, 1.54) is 0 Å². The number of aromatic nitrogens is 2. The highest BCUT2D eigenvalue weighted by Crippen LogP contribution is 2.29. The van der Waals surface area contributed by atoms with Crippen molar-refractivity contribution in [3.63, 3.8) is 0 Å². The highest BCUT2D eigenvalue weighted by molar-refractivity contribution is 6.00. The van der Waals surface area contributed by atoms with E-state index < -0.39 is 11.7 Å². The Morgan fingerprint density at radius 1 is 1.29 bits per heavy atom. The maximum absolute atomic E-state index is 12.4. The molecule has 0 aromatic carbocycles. The number of rotatable bonds is 4. The topological polar surface area (TPSA) is 85.2 Å². The van der Waals surface area contributed by atoms with Gasteiger partial charge in [0, 0.05) is 25.3 Å². The van der Waals surface area contributed by atoms with E-state index in [1.807, 2.05) is 39.1 Å². The average Bonchev–Trinajstić information content (AvgIpc) is 3.09. The minimum absolute atomic E-state index is 0.0433. The number of esters is 1. The number of amides is 1. The average molecular weight is 388 g/mol. The number of hydrogen-bond donors (Lipinski definition) is 1. The summed E-state index contributed by atoms with van der Waals surface area (Å²) in [5, 5.41) is 7.24. The van der Waals surface area contributed by atoms with Gasteiger partial charge < -0.3 is 19.7 Å². The Bertz CT molecular complexity index is 847. The molecule has 0 atom stereocenters. The van der Waals surface area contributed by atoms with Crippen LogP contribution < -0.4 is 10.2 Å². The van der Waals surface area contributed by atoms with Crippen molar-refractivity contribution in [1.82, 2.24) is 14.9 Å². The number of nitrogens with zero attached hydrogens (tertiary/aromatic N) is 3. The smallest absolute Gasteiger partial charge is 0.407 e. The van der Waals surface area contributed by atoms with Crippen molar-refractivity contribution in [1.29, 1.82) is 0 Å². The summed E-state index contributed by atoms with van der Waals surface area (Å²) in [5.74, 6) is -0.372. The van der Waals surface area contributed by atoms with E-state index in [4.69, 9.17) is 9.47 Å². The number of fused-ring (bicyclic) bond motifs is 1. The molecule has 152 valence electrons. The van der Waals surface area contributed by atoms with Crippen molar-refractivity contribution >= 4 is 23.3 Å². The van der Waals surface area contributed by atoms with Gasteiger partial charge in [-0.2, -0.15) is 5.10 Å². The van der Waals surface area contributed by atoms with Gasteiger partial charge in [-0.1, -0.05) is 0 Å². The van der Waals surface area contributed by atoms with Gasteiger partial charge in [-0.15, -0.1) is 0 Å². The molecule has 1 N–H and O–H groups in total. The Balaban J connectivity index is 1.74. The number of nitrogens with one attached hydrogen (secondary N) is 1. The van der Waals surface area contributed by atoms with Crippen LogP contribution in [-0.4, -0.2) is 53.0 Å². The first-order valence-corrected chi connectivity index (χ1v) is 9.66. The van der Waals surface area contributed by atoms with Gasteiger partial charge in [0.2, 0.25) is 0 Å². The zero-order chi connectivity index (χ0) is 20.3. The van der Waals surface area contributed by atoms with Gasteiger partial charge in [-0.3, -0.25) is 0 Å². The Morgan fingerprint density at radius 3 is 2.64 bits per heavy atom. The third-order valence-corrected chi connectivity index (χ3v) is 4.56. The maximum Gasteiger partial charge on any atom is 0.407 e. The van der Waals surface area contributed by atoms with Crippen LogP contribution in [0.25, 0.3) is 5.52 Å². The lowest BCUT2D eigenvalue weighted by Crippen LogP contribution is -2.46. The molecule has 1 fully saturated rings. The first-order chi connectivity index (χ1) is 13.3. The quantitative estimate of drug-likeness (QED) is 0.811. The highest BCUT2D eigenvalue weighted by atomic mass is 16.6. The molecule has 0 radical (unpaired) electrons. The molecule has 2 aromatic rings. The number of anilines is 1. The number of piperidine rings is 1. The molecule has 3 rings (SSSR count). The number of alkyl carbamates (subject to hydrolysis) is 1. The molecule has 3 heterocycles. The third kappa shape index (κ3) is 4.55. The summed E-state index contributed by atoms with van der Waals surface area (Å²) in [6, 6.07) is 3.88. The summed E-state index contributed by atoms with van der Waals surface area (Å²) < 4.78 is 12.3. The van der Waals surface area contributed by atoms with Crippen LogP contribution in [0.2, 0.25) is 0 Å². The second-order valence-corrected chi connectivity index (χ2v) is 7.87. The molecule has 8 heteroatoms.